The van der Waals surface area contributed by atoms with Crippen molar-refractivity contribution in [1.29, 1.82) is 0 Å². The van der Waals surface area contributed by atoms with E-state index in [1.54, 1.807) is 23.6 Å². The second-order valence-electron chi connectivity index (χ2n) is 4.43. The maximum absolute atomic E-state index is 12.1. The maximum atomic E-state index is 12.1. The minimum absolute atomic E-state index is 0.0430. The quantitative estimate of drug-likeness (QED) is 0.754. The van der Waals surface area contributed by atoms with Gasteiger partial charge in [0.15, 0.2) is 0 Å². The van der Waals surface area contributed by atoms with Gasteiger partial charge in [-0.05, 0) is 24.4 Å². The summed E-state index contributed by atoms with van der Waals surface area (Å²) in [7, 11) is 0. The Labute approximate surface area is 134 Å². The zero-order valence-electron chi connectivity index (χ0n) is 11.7. The minimum Gasteiger partial charge on any atom is -0.481 e. The topological polar surface area (TPSA) is 95.5 Å². The molecule has 0 radical (unpaired) electrons. The molecule has 0 saturated carbocycles. The number of anilines is 1. The first kappa shape index (κ1) is 16.2. The smallest absolute Gasteiger partial charge is 0.305 e. The Morgan fingerprint density at radius 3 is 2.68 bits per heavy atom. The highest BCUT2D eigenvalue weighted by Crippen LogP contribution is 2.28. The van der Waals surface area contributed by atoms with Gasteiger partial charge in [0.1, 0.15) is 5.00 Å². The van der Waals surface area contributed by atoms with Gasteiger partial charge in [0.2, 0.25) is 0 Å². The van der Waals surface area contributed by atoms with Crippen LogP contribution >= 0.6 is 22.7 Å². The molecule has 2 aromatic rings. The Morgan fingerprint density at radius 2 is 2.05 bits per heavy atom. The van der Waals surface area contributed by atoms with Crippen LogP contribution in [0.3, 0.4) is 0 Å². The standard InChI is InChI=1S/C14H14N2O4S2/c1-8-7-9(12(19)15-5-4-11(17)18)14(22-8)16-13(20)10-3-2-6-21-10/h2-3,6-7H,4-5H2,1H3,(H,15,19)(H,16,20)(H,17,18). The highest BCUT2D eigenvalue weighted by molar-refractivity contribution is 7.17. The Balaban J connectivity index is 2.07. The molecule has 0 saturated heterocycles. The van der Waals surface area contributed by atoms with Crippen LogP contribution in [0.1, 0.15) is 31.3 Å². The lowest BCUT2D eigenvalue weighted by Gasteiger charge is -2.06. The van der Waals surface area contributed by atoms with Crippen molar-refractivity contribution in [2.75, 3.05) is 11.9 Å². The van der Waals surface area contributed by atoms with E-state index in [4.69, 9.17) is 5.11 Å². The van der Waals surface area contributed by atoms with Crippen LogP contribution in [0.2, 0.25) is 0 Å². The number of carboxylic acids is 1. The molecule has 3 N–H and O–H groups in total. The van der Waals surface area contributed by atoms with Gasteiger partial charge in [-0.25, -0.2) is 0 Å². The zero-order valence-corrected chi connectivity index (χ0v) is 13.3. The normalized spacial score (nSPS) is 10.2. The molecule has 0 aliphatic heterocycles. The van der Waals surface area contributed by atoms with Gasteiger partial charge in [-0.15, -0.1) is 22.7 Å². The van der Waals surface area contributed by atoms with Crippen LogP contribution in [-0.2, 0) is 4.79 Å². The fraction of sp³-hybridized carbons (Fsp3) is 0.214. The lowest BCUT2D eigenvalue weighted by Crippen LogP contribution is -2.26. The molecule has 0 fully saturated rings. The number of thiophene rings is 2. The summed E-state index contributed by atoms with van der Waals surface area (Å²) in [6, 6.07) is 5.15. The number of amides is 2. The summed E-state index contributed by atoms with van der Waals surface area (Å²) in [5.74, 6) is -1.64. The molecule has 116 valence electrons. The fourth-order valence-electron chi connectivity index (χ4n) is 1.73. The summed E-state index contributed by atoms with van der Waals surface area (Å²) >= 11 is 2.62. The minimum atomic E-state index is -0.979. The molecule has 22 heavy (non-hydrogen) atoms. The predicted molar refractivity (Wildman–Crippen MR) is 85.9 cm³/mol. The lowest BCUT2D eigenvalue weighted by atomic mass is 10.2. The van der Waals surface area contributed by atoms with E-state index < -0.39 is 11.9 Å². The van der Waals surface area contributed by atoms with Crippen molar-refractivity contribution in [1.82, 2.24) is 5.32 Å². The highest BCUT2D eigenvalue weighted by Gasteiger charge is 2.18. The fourth-order valence-corrected chi connectivity index (χ4v) is 3.25. The van der Waals surface area contributed by atoms with E-state index in [-0.39, 0.29) is 18.9 Å². The van der Waals surface area contributed by atoms with E-state index in [1.165, 1.54) is 22.7 Å². The number of carboxylic acid groups (broad SMARTS) is 1. The van der Waals surface area contributed by atoms with E-state index in [1.807, 2.05) is 6.92 Å². The van der Waals surface area contributed by atoms with Crippen molar-refractivity contribution >= 4 is 45.5 Å². The first-order valence-corrected chi connectivity index (χ1v) is 8.12. The number of hydrogen-bond acceptors (Lipinski definition) is 5. The second kappa shape index (κ2) is 7.19. The van der Waals surface area contributed by atoms with Gasteiger partial charge in [0, 0.05) is 11.4 Å². The molecule has 2 aromatic heterocycles. The summed E-state index contributed by atoms with van der Waals surface area (Å²) in [5.41, 5.74) is 0.345. The number of rotatable bonds is 6. The summed E-state index contributed by atoms with van der Waals surface area (Å²) < 4.78 is 0. The summed E-state index contributed by atoms with van der Waals surface area (Å²) in [6.07, 6.45) is -0.147. The molecule has 0 bridgehead atoms. The largest absolute Gasteiger partial charge is 0.481 e. The molecule has 0 aliphatic carbocycles. The van der Waals surface area contributed by atoms with E-state index >= 15 is 0 Å². The Kier molecular flexibility index (Phi) is 5.29. The van der Waals surface area contributed by atoms with Crippen molar-refractivity contribution in [3.8, 4) is 0 Å². The number of hydrogen-bond donors (Lipinski definition) is 3. The third-order valence-electron chi connectivity index (χ3n) is 2.70. The van der Waals surface area contributed by atoms with Crippen molar-refractivity contribution in [2.24, 2.45) is 0 Å². The predicted octanol–water partition coefficient (Wildman–Crippen LogP) is 2.57. The van der Waals surface area contributed by atoms with Crippen LogP contribution < -0.4 is 10.6 Å². The van der Waals surface area contributed by atoms with E-state index in [9.17, 15) is 14.4 Å². The number of carbonyl (C=O) groups excluding carboxylic acids is 2. The van der Waals surface area contributed by atoms with Crippen LogP contribution in [0.5, 0.6) is 0 Å². The molecule has 2 heterocycles. The molecular formula is C14H14N2O4S2. The highest BCUT2D eigenvalue weighted by atomic mass is 32.1. The number of aliphatic carboxylic acids is 1. The molecule has 8 heteroatoms. The van der Waals surface area contributed by atoms with Gasteiger partial charge < -0.3 is 15.7 Å². The third kappa shape index (κ3) is 4.15. The number of nitrogens with one attached hydrogen (secondary N) is 2. The van der Waals surface area contributed by atoms with Crippen LogP contribution in [0, 0.1) is 6.92 Å². The second-order valence-corrected chi connectivity index (χ2v) is 6.63. The molecule has 2 amide bonds. The van der Waals surface area contributed by atoms with Gasteiger partial charge in [-0.2, -0.15) is 0 Å². The maximum Gasteiger partial charge on any atom is 0.305 e. The van der Waals surface area contributed by atoms with Crippen molar-refractivity contribution in [3.63, 3.8) is 0 Å². The molecule has 0 spiro atoms. The van der Waals surface area contributed by atoms with Crippen LogP contribution in [-0.4, -0.2) is 29.4 Å². The van der Waals surface area contributed by atoms with Gasteiger partial charge in [-0.1, -0.05) is 6.07 Å². The van der Waals surface area contributed by atoms with Crippen LogP contribution in [0.4, 0.5) is 5.00 Å². The van der Waals surface area contributed by atoms with E-state index in [0.29, 0.717) is 15.4 Å². The van der Waals surface area contributed by atoms with Gasteiger partial charge >= 0.3 is 5.97 Å². The summed E-state index contributed by atoms with van der Waals surface area (Å²) in [6.45, 7) is 1.88. The summed E-state index contributed by atoms with van der Waals surface area (Å²) in [5, 5.41) is 16.1. The van der Waals surface area contributed by atoms with Crippen LogP contribution in [0.25, 0.3) is 0 Å². The molecule has 0 unspecified atom stereocenters. The van der Waals surface area contributed by atoms with Crippen molar-refractivity contribution in [2.45, 2.75) is 13.3 Å². The molecule has 0 aliphatic rings. The number of aryl methyl sites for hydroxylation is 1. The molecular weight excluding hydrogens is 324 g/mol. The first-order chi connectivity index (χ1) is 10.5. The zero-order chi connectivity index (χ0) is 16.1. The first-order valence-electron chi connectivity index (χ1n) is 6.42. The average Bonchev–Trinajstić information content (AvgIpc) is 3.07. The Morgan fingerprint density at radius 1 is 1.27 bits per heavy atom. The van der Waals surface area contributed by atoms with Gasteiger partial charge in [0.05, 0.1) is 16.9 Å². The van der Waals surface area contributed by atoms with E-state index in [2.05, 4.69) is 10.6 Å². The lowest BCUT2D eigenvalue weighted by molar-refractivity contribution is -0.136. The number of carbonyl (C=O) groups is 3. The Bertz CT molecular complexity index is 692. The monoisotopic (exact) mass is 338 g/mol. The van der Waals surface area contributed by atoms with Crippen molar-refractivity contribution in [3.05, 3.63) is 38.9 Å². The van der Waals surface area contributed by atoms with Gasteiger partial charge in [-0.3, -0.25) is 14.4 Å². The van der Waals surface area contributed by atoms with Gasteiger partial charge in [0.25, 0.3) is 11.8 Å². The molecule has 2 rings (SSSR count). The third-order valence-corrected chi connectivity index (χ3v) is 4.53. The van der Waals surface area contributed by atoms with E-state index in [0.717, 1.165) is 4.88 Å². The summed E-state index contributed by atoms with van der Waals surface area (Å²) in [4.78, 5) is 36.0. The molecule has 0 aromatic carbocycles. The van der Waals surface area contributed by atoms with Crippen LogP contribution in [0.15, 0.2) is 23.6 Å². The SMILES string of the molecule is Cc1cc(C(=O)NCCC(=O)O)c(NC(=O)c2cccs2)s1. The molecule has 6 nitrogen and oxygen atoms in total. The Hall–Kier alpha value is -2.19. The average molecular weight is 338 g/mol. The molecule has 0 atom stereocenters. The van der Waals surface area contributed by atoms with Crippen molar-refractivity contribution < 1.29 is 19.5 Å².